The van der Waals surface area contributed by atoms with E-state index in [-0.39, 0.29) is 0 Å². The van der Waals surface area contributed by atoms with Gasteiger partial charge in [-0.05, 0) is 18.4 Å². The molecule has 2 rings (SSSR count). The highest BCUT2D eigenvalue weighted by molar-refractivity contribution is 5.07. The zero-order chi connectivity index (χ0) is 14.5. The highest BCUT2D eigenvalue weighted by Crippen LogP contribution is 2.17. The lowest BCUT2D eigenvalue weighted by molar-refractivity contribution is 0.162. The molecule has 6 heteroatoms. The van der Waals surface area contributed by atoms with Crippen LogP contribution < -0.4 is 0 Å². The molecule has 0 amide bonds. The van der Waals surface area contributed by atoms with Gasteiger partial charge < -0.3 is 5.11 Å². The summed E-state index contributed by atoms with van der Waals surface area (Å²) in [6, 6.07) is 1.86. The van der Waals surface area contributed by atoms with Crippen LogP contribution in [-0.4, -0.2) is 29.7 Å². The zero-order valence-electron chi connectivity index (χ0n) is 12.4. The summed E-state index contributed by atoms with van der Waals surface area (Å²) in [6.45, 7) is 8.00. The summed E-state index contributed by atoms with van der Waals surface area (Å²) < 4.78 is 3.72. The van der Waals surface area contributed by atoms with Crippen LogP contribution in [0.5, 0.6) is 0 Å². The third-order valence-electron chi connectivity index (χ3n) is 3.14. The Labute approximate surface area is 119 Å². The molecular weight excluding hydrogens is 254 g/mol. The van der Waals surface area contributed by atoms with E-state index in [1.165, 1.54) is 0 Å². The molecule has 0 bridgehead atoms. The first-order valence-corrected chi connectivity index (χ1v) is 7.18. The molecule has 1 atom stereocenters. The first-order chi connectivity index (χ1) is 9.61. The number of aromatic nitrogens is 5. The summed E-state index contributed by atoms with van der Waals surface area (Å²) >= 11 is 0. The number of hydrogen-bond acceptors (Lipinski definition) is 4. The Balaban J connectivity index is 2.09. The van der Waals surface area contributed by atoms with Crippen LogP contribution >= 0.6 is 0 Å². The largest absolute Gasteiger partial charge is 0.386 e. The molecule has 0 aliphatic carbocycles. The second kappa shape index (κ2) is 6.65. The maximum atomic E-state index is 10.4. The molecule has 1 unspecified atom stereocenters. The van der Waals surface area contributed by atoms with Crippen molar-refractivity contribution in [3.63, 3.8) is 0 Å². The fourth-order valence-electron chi connectivity index (χ4n) is 2.25. The summed E-state index contributed by atoms with van der Waals surface area (Å²) in [7, 11) is 0. The Morgan fingerprint density at radius 3 is 2.75 bits per heavy atom. The average molecular weight is 277 g/mol. The van der Waals surface area contributed by atoms with Gasteiger partial charge in [0.05, 0.1) is 5.69 Å². The molecule has 2 aromatic rings. The zero-order valence-corrected chi connectivity index (χ0v) is 12.4. The standard InChI is InChI=1S/C14H23N5O/c1-4-7-18-12(5-6-16-18)13(20)8-14-15-10-17-19(14)9-11(2)3/h5-6,10-11,13,20H,4,7-9H2,1-3H3. The van der Waals surface area contributed by atoms with Crippen LogP contribution in [0.15, 0.2) is 18.6 Å². The van der Waals surface area contributed by atoms with Crippen LogP contribution in [0, 0.1) is 5.92 Å². The Morgan fingerprint density at radius 1 is 1.25 bits per heavy atom. The van der Waals surface area contributed by atoms with Crippen LogP contribution in [0.1, 0.15) is 44.8 Å². The molecule has 2 heterocycles. The van der Waals surface area contributed by atoms with Crippen LogP contribution in [0.2, 0.25) is 0 Å². The van der Waals surface area contributed by atoms with Gasteiger partial charge in [0.15, 0.2) is 0 Å². The van der Waals surface area contributed by atoms with E-state index >= 15 is 0 Å². The monoisotopic (exact) mass is 277 g/mol. The smallest absolute Gasteiger partial charge is 0.138 e. The Kier molecular flexibility index (Phi) is 4.89. The second-order valence-electron chi connectivity index (χ2n) is 5.45. The highest BCUT2D eigenvalue weighted by Gasteiger charge is 2.17. The van der Waals surface area contributed by atoms with E-state index in [9.17, 15) is 5.11 Å². The van der Waals surface area contributed by atoms with Crippen molar-refractivity contribution in [2.24, 2.45) is 5.92 Å². The van der Waals surface area contributed by atoms with Gasteiger partial charge in [-0.2, -0.15) is 10.2 Å². The number of aliphatic hydroxyl groups excluding tert-OH is 1. The van der Waals surface area contributed by atoms with Crippen molar-refractivity contribution in [2.75, 3.05) is 0 Å². The maximum absolute atomic E-state index is 10.4. The summed E-state index contributed by atoms with van der Waals surface area (Å²) in [5.74, 6) is 1.31. The molecule has 6 nitrogen and oxygen atoms in total. The van der Waals surface area contributed by atoms with Gasteiger partial charge in [0.25, 0.3) is 0 Å². The lowest BCUT2D eigenvalue weighted by Crippen LogP contribution is -2.16. The molecule has 0 spiro atoms. The molecule has 110 valence electrons. The van der Waals surface area contributed by atoms with Gasteiger partial charge in [-0.1, -0.05) is 20.8 Å². The fraction of sp³-hybridized carbons (Fsp3) is 0.643. The van der Waals surface area contributed by atoms with Gasteiger partial charge in [0.1, 0.15) is 18.3 Å². The average Bonchev–Trinajstić information content (AvgIpc) is 2.99. The molecule has 0 saturated carbocycles. The lowest BCUT2D eigenvalue weighted by Gasteiger charge is -2.14. The summed E-state index contributed by atoms with van der Waals surface area (Å²) in [6.07, 6.45) is 4.13. The molecule has 2 aromatic heterocycles. The van der Waals surface area contributed by atoms with E-state index in [2.05, 4.69) is 36.0 Å². The van der Waals surface area contributed by atoms with Crippen molar-refractivity contribution in [3.8, 4) is 0 Å². The Morgan fingerprint density at radius 2 is 2.05 bits per heavy atom. The van der Waals surface area contributed by atoms with E-state index in [0.29, 0.717) is 12.3 Å². The fourth-order valence-corrected chi connectivity index (χ4v) is 2.25. The van der Waals surface area contributed by atoms with Gasteiger partial charge in [-0.25, -0.2) is 9.67 Å². The topological polar surface area (TPSA) is 68.8 Å². The molecule has 1 N–H and O–H groups in total. The number of nitrogens with zero attached hydrogens (tertiary/aromatic N) is 5. The predicted molar refractivity (Wildman–Crippen MR) is 76.0 cm³/mol. The quantitative estimate of drug-likeness (QED) is 0.838. The minimum Gasteiger partial charge on any atom is -0.386 e. The van der Waals surface area contributed by atoms with E-state index < -0.39 is 6.10 Å². The third-order valence-corrected chi connectivity index (χ3v) is 3.14. The van der Waals surface area contributed by atoms with Gasteiger partial charge in [0, 0.05) is 25.7 Å². The normalized spacial score (nSPS) is 13.1. The van der Waals surface area contributed by atoms with Crippen LogP contribution in [-0.2, 0) is 19.5 Å². The number of hydrogen-bond donors (Lipinski definition) is 1. The minimum absolute atomic E-state index is 0.460. The molecule has 0 radical (unpaired) electrons. The summed E-state index contributed by atoms with van der Waals surface area (Å²) in [5.41, 5.74) is 0.839. The SMILES string of the molecule is CCCn1nccc1C(O)Cc1ncnn1CC(C)C. The Hall–Kier alpha value is -1.69. The number of rotatable bonds is 7. The van der Waals surface area contributed by atoms with E-state index in [0.717, 1.165) is 31.0 Å². The van der Waals surface area contributed by atoms with Gasteiger partial charge in [0.2, 0.25) is 0 Å². The first-order valence-electron chi connectivity index (χ1n) is 7.18. The second-order valence-corrected chi connectivity index (χ2v) is 5.45. The predicted octanol–water partition coefficient (Wildman–Crippen LogP) is 1.82. The molecule has 0 saturated heterocycles. The lowest BCUT2D eigenvalue weighted by atomic mass is 10.1. The number of aliphatic hydroxyl groups is 1. The maximum Gasteiger partial charge on any atom is 0.138 e. The summed E-state index contributed by atoms with van der Waals surface area (Å²) in [4.78, 5) is 4.26. The van der Waals surface area contributed by atoms with Gasteiger partial charge in [-0.3, -0.25) is 4.68 Å². The van der Waals surface area contributed by atoms with Crippen molar-refractivity contribution in [1.82, 2.24) is 24.5 Å². The van der Waals surface area contributed by atoms with Crippen molar-refractivity contribution in [2.45, 2.75) is 52.8 Å². The summed E-state index contributed by atoms with van der Waals surface area (Å²) in [5, 5.41) is 18.9. The number of aryl methyl sites for hydroxylation is 1. The molecule has 20 heavy (non-hydrogen) atoms. The van der Waals surface area contributed by atoms with E-state index in [4.69, 9.17) is 0 Å². The van der Waals surface area contributed by atoms with E-state index in [1.54, 1.807) is 12.5 Å². The van der Waals surface area contributed by atoms with Crippen LogP contribution in [0.25, 0.3) is 0 Å². The highest BCUT2D eigenvalue weighted by atomic mass is 16.3. The van der Waals surface area contributed by atoms with Crippen molar-refractivity contribution in [3.05, 3.63) is 30.1 Å². The van der Waals surface area contributed by atoms with Crippen molar-refractivity contribution < 1.29 is 5.11 Å². The minimum atomic E-state index is -0.598. The Bertz CT molecular complexity index is 531. The third kappa shape index (κ3) is 3.45. The van der Waals surface area contributed by atoms with Gasteiger partial charge in [-0.15, -0.1) is 0 Å². The van der Waals surface area contributed by atoms with Crippen LogP contribution in [0.3, 0.4) is 0 Å². The molecule has 0 aliphatic rings. The van der Waals surface area contributed by atoms with E-state index in [1.807, 2.05) is 15.4 Å². The first kappa shape index (κ1) is 14.7. The molecule has 0 aliphatic heterocycles. The van der Waals surface area contributed by atoms with Crippen LogP contribution in [0.4, 0.5) is 0 Å². The van der Waals surface area contributed by atoms with Crippen molar-refractivity contribution in [1.29, 1.82) is 0 Å². The van der Waals surface area contributed by atoms with Gasteiger partial charge >= 0.3 is 0 Å². The molecule has 0 fully saturated rings. The van der Waals surface area contributed by atoms with Crippen molar-refractivity contribution >= 4 is 0 Å². The molecule has 0 aromatic carbocycles. The molecular formula is C14H23N5O.